The fourth-order valence-corrected chi connectivity index (χ4v) is 6.48. The number of nitrogens with zero attached hydrogens (tertiary/aromatic N) is 5. The highest BCUT2D eigenvalue weighted by Crippen LogP contribution is 2.37. The van der Waals surface area contributed by atoms with Crippen molar-refractivity contribution in [2.75, 3.05) is 24.5 Å². The molecule has 4 aliphatic rings. The van der Waals surface area contributed by atoms with E-state index >= 15 is 0 Å². The molecule has 0 aliphatic carbocycles. The van der Waals surface area contributed by atoms with Gasteiger partial charge >= 0.3 is 5.69 Å². The number of hydrogen-bond acceptors (Lipinski definition) is 6. The zero-order valence-corrected chi connectivity index (χ0v) is 21.2. The molecule has 0 spiro atoms. The third-order valence-corrected chi connectivity index (χ3v) is 8.21. The Hall–Kier alpha value is -1.91. The Kier molecular flexibility index (Phi) is 5.37. The van der Waals surface area contributed by atoms with Gasteiger partial charge in [-0.1, -0.05) is 20.8 Å². The lowest BCUT2D eigenvalue weighted by Crippen LogP contribution is -2.68. The maximum Gasteiger partial charge on any atom is 0.327 e. The predicted molar refractivity (Wildman–Crippen MR) is 130 cm³/mol. The van der Waals surface area contributed by atoms with E-state index in [4.69, 9.17) is 0 Å². The summed E-state index contributed by atoms with van der Waals surface area (Å²) in [6.45, 7) is 9.02. The van der Waals surface area contributed by atoms with Gasteiger partial charge in [0, 0.05) is 44.1 Å². The number of piperidine rings is 2. The SMILES string of the molecule is Cn1c2c([nH]c1=O)C=CC(N1CC3CCC1CN3C(=O)c1nscc1Br)N2CC(C)(C)C. The molecule has 2 aromatic rings. The maximum atomic E-state index is 13.2. The number of carbonyl (C=O) groups is 1. The second-order valence-corrected chi connectivity index (χ2v) is 11.7. The van der Waals surface area contributed by atoms with Crippen LogP contribution in [0.15, 0.2) is 20.7 Å². The number of nitrogens with one attached hydrogen (secondary N) is 1. The Labute approximate surface area is 200 Å². The van der Waals surface area contributed by atoms with Gasteiger partial charge in [-0.25, -0.2) is 4.79 Å². The van der Waals surface area contributed by atoms with Crippen LogP contribution in [0, 0.1) is 5.41 Å². The maximum absolute atomic E-state index is 13.2. The molecule has 2 bridgehead atoms. The van der Waals surface area contributed by atoms with Gasteiger partial charge in [0.25, 0.3) is 5.91 Å². The number of aromatic nitrogens is 3. The van der Waals surface area contributed by atoms with E-state index in [0.29, 0.717) is 12.2 Å². The Morgan fingerprint density at radius 1 is 1.28 bits per heavy atom. The largest absolute Gasteiger partial charge is 0.336 e. The van der Waals surface area contributed by atoms with Gasteiger partial charge in [-0.15, -0.1) is 0 Å². The highest BCUT2D eigenvalue weighted by Gasteiger charge is 2.46. The minimum atomic E-state index is -0.0926. The van der Waals surface area contributed by atoms with Crippen LogP contribution in [0.2, 0.25) is 0 Å². The number of fused-ring (bicyclic) bond motifs is 4. The number of amides is 1. The molecule has 10 heteroatoms. The fourth-order valence-electron chi connectivity index (χ4n) is 5.31. The number of H-pyrrole nitrogens is 1. The number of rotatable bonds is 3. The smallest absolute Gasteiger partial charge is 0.327 e. The second kappa shape index (κ2) is 7.85. The quantitative estimate of drug-likeness (QED) is 0.672. The Balaban J connectivity index is 1.43. The van der Waals surface area contributed by atoms with E-state index in [1.807, 2.05) is 23.4 Å². The van der Waals surface area contributed by atoms with Crippen molar-refractivity contribution in [3.05, 3.63) is 37.8 Å². The van der Waals surface area contributed by atoms with Crippen molar-refractivity contribution in [3.8, 4) is 0 Å². The summed E-state index contributed by atoms with van der Waals surface area (Å²) in [5.74, 6) is 0.965. The second-order valence-electron chi connectivity index (χ2n) is 10.2. The number of aromatic amines is 1. The van der Waals surface area contributed by atoms with Crippen LogP contribution >= 0.6 is 27.5 Å². The van der Waals surface area contributed by atoms with E-state index in [0.717, 1.165) is 41.9 Å². The minimum absolute atomic E-state index is 0.0218. The molecule has 3 fully saturated rings. The third-order valence-electron chi connectivity index (χ3n) is 6.68. The van der Waals surface area contributed by atoms with Crippen LogP contribution in [-0.4, -0.2) is 67.5 Å². The molecule has 3 saturated heterocycles. The van der Waals surface area contributed by atoms with Crippen LogP contribution in [-0.2, 0) is 7.05 Å². The highest BCUT2D eigenvalue weighted by molar-refractivity contribution is 9.10. The summed E-state index contributed by atoms with van der Waals surface area (Å²) in [4.78, 5) is 35.4. The van der Waals surface area contributed by atoms with Crippen molar-refractivity contribution in [1.82, 2.24) is 23.7 Å². The molecule has 1 N–H and O–H groups in total. The first-order valence-corrected chi connectivity index (χ1v) is 12.7. The Morgan fingerprint density at radius 2 is 2.03 bits per heavy atom. The Morgan fingerprint density at radius 3 is 2.66 bits per heavy atom. The van der Waals surface area contributed by atoms with Crippen LogP contribution in [0.1, 0.15) is 49.8 Å². The predicted octanol–water partition coefficient (Wildman–Crippen LogP) is 3.13. The molecule has 3 unspecified atom stereocenters. The lowest BCUT2D eigenvalue weighted by Gasteiger charge is -2.56. The average Bonchev–Trinajstić information content (AvgIpc) is 3.30. The first-order chi connectivity index (χ1) is 15.1. The van der Waals surface area contributed by atoms with Gasteiger partial charge in [-0.2, -0.15) is 4.37 Å². The topological polar surface area (TPSA) is 77.5 Å². The van der Waals surface area contributed by atoms with Crippen molar-refractivity contribution in [2.45, 2.75) is 51.9 Å². The summed E-state index contributed by atoms with van der Waals surface area (Å²) >= 11 is 4.77. The van der Waals surface area contributed by atoms with E-state index < -0.39 is 0 Å². The van der Waals surface area contributed by atoms with Gasteiger partial charge in [-0.05, 0) is 57.9 Å². The van der Waals surface area contributed by atoms with Crippen LogP contribution in [0.3, 0.4) is 0 Å². The van der Waals surface area contributed by atoms with Crippen molar-refractivity contribution in [3.63, 3.8) is 0 Å². The van der Waals surface area contributed by atoms with Crippen molar-refractivity contribution in [1.29, 1.82) is 0 Å². The number of hydrogen-bond donors (Lipinski definition) is 1. The molecule has 0 aromatic carbocycles. The number of imidazole rings is 1. The van der Waals surface area contributed by atoms with E-state index in [1.54, 1.807) is 4.57 Å². The summed E-state index contributed by atoms with van der Waals surface area (Å²) < 4.78 is 6.80. The number of halogens is 1. The van der Waals surface area contributed by atoms with Crippen LogP contribution in [0.4, 0.5) is 5.82 Å². The van der Waals surface area contributed by atoms with Gasteiger partial charge in [-0.3, -0.25) is 14.3 Å². The standard InChI is InChI=1S/C22H29BrN6O2S/c1-22(2,3)12-29-17(8-7-16-19(29)26(4)21(31)24-16)27-9-14-6-5-13(27)10-28(14)20(30)18-15(23)11-32-25-18/h7-8,11,13-14,17H,5-6,9-10,12H2,1-4H3,(H,24,31). The van der Waals surface area contributed by atoms with Crippen LogP contribution < -0.4 is 10.6 Å². The summed E-state index contributed by atoms with van der Waals surface area (Å²) in [6, 6.07) is 0.443. The van der Waals surface area contributed by atoms with Gasteiger partial charge in [0.2, 0.25) is 0 Å². The summed E-state index contributed by atoms with van der Waals surface area (Å²) in [7, 11) is 1.83. The summed E-state index contributed by atoms with van der Waals surface area (Å²) in [5.41, 5.74) is 1.35. The van der Waals surface area contributed by atoms with E-state index in [-0.39, 0.29) is 35.3 Å². The van der Waals surface area contributed by atoms with Gasteiger partial charge in [0.1, 0.15) is 12.0 Å². The number of carbonyl (C=O) groups excluding carboxylic acids is 1. The molecule has 2 aromatic heterocycles. The lowest BCUT2D eigenvalue weighted by molar-refractivity contribution is -0.0249. The monoisotopic (exact) mass is 520 g/mol. The van der Waals surface area contributed by atoms with Gasteiger partial charge < -0.3 is 14.8 Å². The van der Waals surface area contributed by atoms with E-state index in [2.05, 4.69) is 61.9 Å². The molecule has 8 nitrogen and oxygen atoms in total. The minimum Gasteiger partial charge on any atom is -0.336 e. The zero-order valence-electron chi connectivity index (χ0n) is 18.8. The third kappa shape index (κ3) is 3.66. The van der Waals surface area contributed by atoms with E-state index in [9.17, 15) is 9.59 Å². The molecule has 6 rings (SSSR count). The first-order valence-electron chi connectivity index (χ1n) is 11.0. The fraction of sp³-hybridized carbons (Fsp3) is 0.591. The Bertz CT molecular complexity index is 1130. The van der Waals surface area contributed by atoms with E-state index in [1.165, 1.54) is 11.5 Å². The van der Waals surface area contributed by atoms with Crippen molar-refractivity contribution >= 4 is 45.3 Å². The van der Waals surface area contributed by atoms with Crippen molar-refractivity contribution in [2.24, 2.45) is 12.5 Å². The molecular weight excluding hydrogens is 492 g/mol. The summed E-state index contributed by atoms with van der Waals surface area (Å²) in [6.07, 6.45) is 6.38. The highest BCUT2D eigenvalue weighted by atomic mass is 79.9. The first kappa shape index (κ1) is 21.9. The molecule has 3 atom stereocenters. The molecule has 1 amide bonds. The molecule has 6 heterocycles. The molecule has 32 heavy (non-hydrogen) atoms. The molecule has 172 valence electrons. The molecule has 4 aliphatic heterocycles. The van der Waals surface area contributed by atoms with Gasteiger partial charge in [0.05, 0.1) is 10.2 Å². The number of anilines is 1. The van der Waals surface area contributed by atoms with Crippen molar-refractivity contribution < 1.29 is 4.79 Å². The molecular formula is C22H29BrN6O2S. The van der Waals surface area contributed by atoms with Crippen LogP contribution in [0.25, 0.3) is 6.08 Å². The zero-order chi connectivity index (χ0) is 22.8. The van der Waals surface area contributed by atoms with Crippen LogP contribution in [0.5, 0.6) is 0 Å². The van der Waals surface area contributed by atoms with Gasteiger partial charge in [0.15, 0.2) is 5.69 Å². The normalized spacial score (nSPS) is 25.5. The summed E-state index contributed by atoms with van der Waals surface area (Å²) in [5, 5.41) is 1.86. The lowest BCUT2D eigenvalue weighted by atomic mass is 9.88. The molecule has 0 saturated carbocycles. The number of piperazine rings is 1. The molecule has 0 radical (unpaired) electrons. The average molecular weight is 521 g/mol.